The van der Waals surface area contributed by atoms with Crippen LogP contribution in [0.5, 0.6) is 0 Å². The van der Waals surface area contributed by atoms with Crippen molar-refractivity contribution in [1.82, 2.24) is 13.7 Å². The summed E-state index contributed by atoms with van der Waals surface area (Å²) >= 11 is 0. The lowest BCUT2D eigenvalue weighted by atomic mass is 10.0. The number of aromatic nitrogens is 3. The van der Waals surface area contributed by atoms with Crippen molar-refractivity contribution in [3.8, 4) is 28.2 Å². The first-order valence-corrected chi connectivity index (χ1v) is 17.9. The maximum atomic E-state index is 2.45. The molecule has 0 aliphatic heterocycles. The second-order valence-corrected chi connectivity index (χ2v) is 13.9. The van der Waals surface area contributed by atoms with Crippen LogP contribution in [-0.4, -0.2) is 13.7 Å². The highest BCUT2D eigenvalue weighted by molar-refractivity contribution is 6.14. The quantitative estimate of drug-likeness (QED) is 0.178. The minimum Gasteiger partial charge on any atom is -0.309 e. The van der Waals surface area contributed by atoms with E-state index in [4.69, 9.17) is 0 Å². The van der Waals surface area contributed by atoms with Crippen molar-refractivity contribution < 1.29 is 0 Å². The molecule has 0 fully saturated rings. The summed E-state index contributed by atoms with van der Waals surface area (Å²) in [6, 6.07) is 66.7. The molecule has 0 bridgehead atoms. The SMILES string of the molecule is Cc1ccc(-n2c3ccccc3c3ccc(-c4ccc5c6ccccc6n(-c6ccc7c(c6)c6ccccc6n7-c6ccccc6)c5c4)cc32)cc1. The molecule has 0 atom stereocenters. The molecule has 0 aliphatic carbocycles. The van der Waals surface area contributed by atoms with Gasteiger partial charge in [-0.2, -0.15) is 0 Å². The van der Waals surface area contributed by atoms with Gasteiger partial charge in [0.25, 0.3) is 0 Å². The third kappa shape index (κ3) is 4.20. The number of rotatable bonds is 4. The molecule has 0 aliphatic rings. The van der Waals surface area contributed by atoms with Crippen LogP contribution in [-0.2, 0) is 0 Å². The van der Waals surface area contributed by atoms with E-state index in [1.807, 2.05) is 0 Å². The van der Waals surface area contributed by atoms with Crippen LogP contribution in [0.25, 0.3) is 93.6 Å². The Labute approximate surface area is 300 Å². The maximum absolute atomic E-state index is 2.45. The van der Waals surface area contributed by atoms with Crippen LogP contribution in [0.15, 0.2) is 182 Å². The number of hydrogen-bond donors (Lipinski definition) is 0. The van der Waals surface area contributed by atoms with Crippen molar-refractivity contribution >= 4 is 65.4 Å². The van der Waals surface area contributed by atoms with Crippen molar-refractivity contribution in [2.45, 2.75) is 6.92 Å². The minimum absolute atomic E-state index is 1.15. The van der Waals surface area contributed by atoms with Crippen molar-refractivity contribution in [3.63, 3.8) is 0 Å². The van der Waals surface area contributed by atoms with Gasteiger partial charge in [0.15, 0.2) is 0 Å². The van der Waals surface area contributed by atoms with Gasteiger partial charge in [0, 0.05) is 49.4 Å². The van der Waals surface area contributed by atoms with Crippen molar-refractivity contribution in [1.29, 1.82) is 0 Å². The first-order valence-electron chi connectivity index (χ1n) is 17.9. The molecule has 3 heterocycles. The lowest BCUT2D eigenvalue weighted by molar-refractivity contribution is 1.16. The average Bonchev–Trinajstić information content (AvgIpc) is 3.83. The second-order valence-electron chi connectivity index (χ2n) is 13.9. The Kier molecular flexibility index (Phi) is 6.17. The summed E-state index contributed by atoms with van der Waals surface area (Å²) in [5, 5.41) is 7.53. The largest absolute Gasteiger partial charge is 0.309 e. The van der Waals surface area contributed by atoms with Crippen molar-refractivity contribution in [2.75, 3.05) is 0 Å². The topological polar surface area (TPSA) is 14.8 Å². The van der Waals surface area contributed by atoms with E-state index in [2.05, 4.69) is 203 Å². The normalized spacial score (nSPS) is 11.9. The Balaban J connectivity index is 1.14. The molecule has 0 N–H and O–H groups in total. The number of hydrogen-bond acceptors (Lipinski definition) is 0. The second kappa shape index (κ2) is 11.1. The van der Waals surface area contributed by atoms with Crippen LogP contribution in [0, 0.1) is 6.92 Å². The molecular formula is C49H33N3. The highest BCUT2D eigenvalue weighted by atomic mass is 15.0. The molecule has 8 aromatic carbocycles. The van der Waals surface area contributed by atoms with E-state index in [1.54, 1.807) is 0 Å². The van der Waals surface area contributed by atoms with Crippen LogP contribution in [0.2, 0.25) is 0 Å². The fourth-order valence-electron chi connectivity index (χ4n) is 8.51. The predicted octanol–water partition coefficient (Wildman–Crippen LogP) is 13.0. The summed E-state index contributed by atoms with van der Waals surface area (Å²) in [5.74, 6) is 0. The number of aryl methyl sites for hydroxylation is 1. The first-order chi connectivity index (χ1) is 25.7. The van der Waals surface area contributed by atoms with Crippen molar-refractivity contribution in [2.24, 2.45) is 0 Å². The molecule has 0 saturated carbocycles. The lowest BCUT2D eigenvalue weighted by Crippen LogP contribution is -1.96. The molecule has 11 aromatic rings. The van der Waals surface area contributed by atoms with E-state index in [0.29, 0.717) is 0 Å². The van der Waals surface area contributed by atoms with Crippen LogP contribution in [0.1, 0.15) is 5.56 Å². The predicted molar refractivity (Wildman–Crippen MR) is 220 cm³/mol. The van der Waals surface area contributed by atoms with Gasteiger partial charge in [0.1, 0.15) is 0 Å². The molecule has 3 heteroatoms. The summed E-state index contributed by atoms with van der Waals surface area (Å²) < 4.78 is 7.23. The van der Waals surface area contributed by atoms with Gasteiger partial charge in [-0.3, -0.25) is 0 Å². The molecule has 11 rings (SSSR count). The fourth-order valence-corrected chi connectivity index (χ4v) is 8.51. The Morgan fingerprint density at radius 1 is 0.269 bits per heavy atom. The highest BCUT2D eigenvalue weighted by Gasteiger charge is 2.18. The average molecular weight is 664 g/mol. The first kappa shape index (κ1) is 28.9. The molecule has 52 heavy (non-hydrogen) atoms. The highest BCUT2D eigenvalue weighted by Crippen LogP contribution is 2.40. The van der Waals surface area contributed by atoms with Gasteiger partial charge in [0.05, 0.1) is 33.1 Å². The van der Waals surface area contributed by atoms with Crippen LogP contribution >= 0.6 is 0 Å². The van der Waals surface area contributed by atoms with E-state index in [0.717, 1.165) is 5.69 Å². The molecule has 0 unspecified atom stereocenters. The Morgan fingerprint density at radius 2 is 0.673 bits per heavy atom. The van der Waals surface area contributed by atoms with Gasteiger partial charge in [0.2, 0.25) is 0 Å². The Hall–Kier alpha value is -6.84. The third-order valence-electron chi connectivity index (χ3n) is 10.9. The van der Waals surface area contributed by atoms with E-state index in [1.165, 1.54) is 93.5 Å². The molecule has 0 amide bonds. The molecule has 3 aromatic heterocycles. The summed E-state index contributed by atoms with van der Waals surface area (Å²) in [4.78, 5) is 0. The Morgan fingerprint density at radius 3 is 1.25 bits per heavy atom. The maximum Gasteiger partial charge on any atom is 0.0547 e. The van der Waals surface area contributed by atoms with Gasteiger partial charge >= 0.3 is 0 Å². The van der Waals surface area contributed by atoms with Gasteiger partial charge in [-0.25, -0.2) is 0 Å². The van der Waals surface area contributed by atoms with Gasteiger partial charge in [-0.15, -0.1) is 0 Å². The van der Waals surface area contributed by atoms with Crippen LogP contribution in [0.3, 0.4) is 0 Å². The summed E-state index contributed by atoms with van der Waals surface area (Å²) in [6.07, 6.45) is 0. The van der Waals surface area contributed by atoms with E-state index in [-0.39, 0.29) is 0 Å². The lowest BCUT2D eigenvalue weighted by Gasteiger charge is -2.12. The molecular weight excluding hydrogens is 631 g/mol. The Bertz CT molecular complexity index is 3170. The number of nitrogens with zero attached hydrogens (tertiary/aromatic N) is 3. The zero-order valence-electron chi connectivity index (χ0n) is 28.7. The molecule has 0 saturated heterocycles. The summed E-state index contributed by atoms with van der Waals surface area (Å²) in [5.41, 5.74) is 14.4. The van der Waals surface area contributed by atoms with Crippen LogP contribution < -0.4 is 0 Å². The van der Waals surface area contributed by atoms with E-state index < -0.39 is 0 Å². The van der Waals surface area contributed by atoms with E-state index >= 15 is 0 Å². The van der Waals surface area contributed by atoms with Crippen molar-refractivity contribution in [3.05, 3.63) is 188 Å². The third-order valence-corrected chi connectivity index (χ3v) is 10.9. The monoisotopic (exact) mass is 663 g/mol. The number of fused-ring (bicyclic) bond motifs is 9. The van der Waals surface area contributed by atoms with Gasteiger partial charge in [-0.05, 0) is 90.8 Å². The smallest absolute Gasteiger partial charge is 0.0547 e. The zero-order valence-corrected chi connectivity index (χ0v) is 28.7. The minimum atomic E-state index is 1.15. The standard InChI is InChI=1S/C49H33N3/c1-32-19-23-36(24-20-32)51-44-16-8-5-13-38(44)41-26-21-33(29-48(41)51)34-22-27-42-39-14-6-9-17-45(39)52(49(42)30-34)37-25-28-47-43(31-37)40-15-7-10-18-46(40)50(47)35-11-3-2-4-12-35/h2-31H,1H3. The summed E-state index contributed by atoms with van der Waals surface area (Å²) in [6.45, 7) is 2.14. The molecule has 244 valence electrons. The number of para-hydroxylation sites is 4. The molecule has 3 nitrogen and oxygen atoms in total. The van der Waals surface area contributed by atoms with Gasteiger partial charge in [-0.1, -0.05) is 115 Å². The van der Waals surface area contributed by atoms with Crippen LogP contribution in [0.4, 0.5) is 0 Å². The fraction of sp³-hybridized carbons (Fsp3) is 0.0204. The zero-order chi connectivity index (χ0) is 34.3. The van der Waals surface area contributed by atoms with E-state index in [9.17, 15) is 0 Å². The van der Waals surface area contributed by atoms with Gasteiger partial charge < -0.3 is 13.7 Å². The molecule has 0 spiro atoms. The number of benzene rings is 8. The summed E-state index contributed by atoms with van der Waals surface area (Å²) in [7, 11) is 0. The molecule has 0 radical (unpaired) electrons.